The number of aromatic hydroxyl groups is 1. The molecule has 0 aliphatic heterocycles. The van der Waals surface area contributed by atoms with E-state index in [9.17, 15) is 9.90 Å². The molecule has 1 N–H and O–H groups in total. The van der Waals surface area contributed by atoms with Crippen LogP contribution in [0.25, 0.3) is 32.4 Å². The average molecular weight is 373 g/mol. The summed E-state index contributed by atoms with van der Waals surface area (Å²) in [6.07, 6.45) is 0. The first kappa shape index (κ1) is 13.5. The first-order valence-electron chi connectivity index (χ1n) is 6.57. The van der Waals surface area contributed by atoms with Crippen LogP contribution in [0.3, 0.4) is 0 Å². The molecule has 5 heteroatoms. The van der Waals surface area contributed by atoms with Gasteiger partial charge in [-0.3, -0.25) is 4.79 Å². The zero-order valence-corrected chi connectivity index (χ0v) is 13.6. The van der Waals surface area contributed by atoms with Crippen LogP contribution in [0.2, 0.25) is 0 Å². The fraction of sp³-hybridized carbons (Fsp3) is 0. The summed E-state index contributed by atoms with van der Waals surface area (Å²) in [4.78, 5) is 12.4. The third-order valence-electron chi connectivity index (χ3n) is 3.55. The van der Waals surface area contributed by atoms with Crippen LogP contribution < -0.4 is 5.43 Å². The number of halogens is 1. The maximum Gasteiger partial charge on any atom is 0.235 e. The number of benzene rings is 2. The number of rotatable bonds is 1. The van der Waals surface area contributed by atoms with E-state index in [1.165, 1.54) is 0 Å². The van der Waals surface area contributed by atoms with Crippen molar-refractivity contribution in [1.29, 1.82) is 0 Å². The Balaban J connectivity index is 2.09. The third kappa shape index (κ3) is 1.97. The minimum absolute atomic E-state index is 0.220. The van der Waals surface area contributed by atoms with E-state index in [1.807, 2.05) is 29.6 Å². The van der Waals surface area contributed by atoms with Gasteiger partial charge in [0.15, 0.2) is 5.76 Å². The molecule has 0 unspecified atom stereocenters. The van der Waals surface area contributed by atoms with Crippen LogP contribution >= 0.6 is 27.3 Å². The molecule has 0 amide bonds. The molecule has 2 heterocycles. The van der Waals surface area contributed by atoms with Gasteiger partial charge in [-0.1, -0.05) is 34.1 Å². The summed E-state index contributed by atoms with van der Waals surface area (Å²) in [7, 11) is 0. The standard InChI is InChI=1S/C17H9BrO3S/c18-9-5-6-13-11(7-9)15(19)16(20)17(21-13)12-8-22-14-4-2-1-3-10(12)14/h1-8,20H. The van der Waals surface area contributed by atoms with Crippen molar-refractivity contribution in [1.82, 2.24) is 0 Å². The molecule has 0 bridgehead atoms. The lowest BCUT2D eigenvalue weighted by Gasteiger charge is -2.05. The van der Waals surface area contributed by atoms with Crippen molar-refractivity contribution in [2.24, 2.45) is 0 Å². The van der Waals surface area contributed by atoms with Gasteiger partial charge < -0.3 is 9.52 Å². The van der Waals surface area contributed by atoms with E-state index in [4.69, 9.17) is 4.42 Å². The Kier molecular flexibility index (Phi) is 3.06. The molecule has 0 saturated carbocycles. The van der Waals surface area contributed by atoms with Crippen molar-refractivity contribution in [3.05, 3.63) is 62.5 Å². The predicted octanol–water partition coefficient (Wildman–Crippen LogP) is 5.14. The molecule has 2 aromatic heterocycles. The maximum atomic E-state index is 12.4. The zero-order valence-electron chi connectivity index (χ0n) is 11.2. The Hall–Kier alpha value is -2.11. The molecule has 0 aliphatic carbocycles. The van der Waals surface area contributed by atoms with E-state index in [2.05, 4.69) is 15.9 Å². The van der Waals surface area contributed by atoms with Crippen molar-refractivity contribution in [2.75, 3.05) is 0 Å². The van der Waals surface area contributed by atoms with Gasteiger partial charge >= 0.3 is 0 Å². The smallest absolute Gasteiger partial charge is 0.235 e. The van der Waals surface area contributed by atoms with Gasteiger partial charge in [0.25, 0.3) is 0 Å². The first-order valence-corrected chi connectivity index (χ1v) is 8.24. The molecule has 0 atom stereocenters. The molecule has 4 aromatic rings. The van der Waals surface area contributed by atoms with E-state index >= 15 is 0 Å². The van der Waals surface area contributed by atoms with Crippen molar-refractivity contribution in [2.45, 2.75) is 0 Å². The van der Waals surface area contributed by atoms with Gasteiger partial charge in [0.05, 0.1) is 5.39 Å². The number of hydrogen-bond donors (Lipinski definition) is 1. The van der Waals surface area contributed by atoms with Crippen molar-refractivity contribution < 1.29 is 9.52 Å². The molecule has 0 spiro atoms. The number of thiophene rings is 1. The minimum atomic E-state index is -0.423. The molecule has 0 fully saturated rings. The highest BCUT2D eigenvalue weighted by atomic mass is 79.9. The van der Waals surface area contributed by atoms with Crippen molar-refractivity contribution in [3.8, 4) is 17.1 Å². The second kappa shape index (κ2) is 4.97. The second-order valence-electron chi connectivity index (χ2n) is 4.89. The van der Waals surface area contributed by atoms with Gasteiger partial charge in [-0.15, -0.1) is 11.3 Å². The minimum Gasteiger partial charge on any atom is -0.502 e. The molecule has 0 saturated heterocycles. The summed E-state index contributed by atoms with van der Waals surface area (Å²) in [6.45, 7) is 0. The highest BCUT2D eigenvalue weighted by molar-refractivity contribution is 9.10. The fourth-order valence-corrected chi connectivity index (χ4v) is 3.80. The molecule has 3 nitrogen and oxygen atoms in total. The van der Waals surface area contributed by atoms with Gasteiger partial charge in [-0.2, -0.15) is 0 Å². The lowest BCUT2D eigenvalue weighted by Crippen LogP contribution is -2.02. The summed E-state index contributed by atoms with van der Waals surface area (Å²) in [5.74, 6) is -0.133. The zero-order chi connectivity index (χ0) is 15.3. The lowest BCUT2D eigenvalue weighted by molar-refractivity contribution is 0.449. The van der Waals surface area contributed by atoms with Gasteiger partial charge in [-0.25, -0.2) is 0 Å². The quantitative estimate of drug-likeness (QED) is 0.503. The molecule has 108 valence electrons. The average Bonchev–Trinajstić information content (AvgIpc) is 2.95. The highest BCUT2D eigenvalue weighted by Gasteiger charge is 2.18. The van der Waals surface area contributed by atoms with E-state index in [1.54, 1.807) is 29.5 Å². The second-order valence-corrected chi connectivity index (χ2v) is 6.72. The fourth-order valence-electron chi connectivity index (χ4n) is 2.49. The molecular formula is C17H9BrO3S. The van der Waals surface area contributed by atoms with Crippen LogP contribution in [0.4, 0.5) is 0 Å². The Morgan fingerprint density at radius 2 is 1.91 bits per heavy atom. The molecule has 4 rings (SSSR count). The van der Waals surface area contributed by atoms with Crippen molar-refractivity contribution in [3.63, 3.8) is 0 Å². The van der Waals surface area contributed by atoms with Crippen LogP contribution in [0.15, 0.2) is 61.5 Å². The molecule has 0 aliphatic rings. The van der Waals surface area contributed by atoms with E-state index in [0.717, 1.165) is 20.1 Å². The number of fused-ring (bicyclic) bond motifs is 2. The van der Waals surface area contributed by atoms with E-state index < -0.39 is 5.43 Å². The summed E-state index contributed by atoms with van der Waals surface area (Å²) in [6, 6.07) is 13.0. The normalized spacial score (nSPS) is 11.3. The first-order chi connectivity index (χ1) is 10.6. The largest absolute Gasteiger partial charge is 0.502 e. The summed E-state index contributed by atoms with van der Waals surface area (Å²) < 4.78 is 7.66. The topological polar surface area (TPSA) is 50.4 Å². The van der Waals surface area contributed by atoms with E-state index in [-0.39, 0.29) is 11.5 Å². The van der Waals surface area contributed by atoms with Crippen LogP contribution in [0, 0.1) is 0 Å². The maximum absolute atomic E-state index is 12.4. The Morgan fingerprint density at radius 3 is 2.77 bits per heavy atom. The monoisotopic (exact) mass is 372 g/mol. The van der Waals surface area contributed by atoms with Gasteiger partial charge in [0, 0.05) is 25.5 Å². The third-order valence-corrected chi connectivity index (χ3v) is 5.01. The lowest BCUT2D eigenvalue weighted by atomic mass is 10.1. The predicted molar refractivity (Wildman–Crippen MR) is 92.7 cm³/mol. The molecular weight excluding hydrogens is 364 g/mol. The molecule has 0 radical (unpaired) electrons. The Labute approximate surface area is 137 Å². The highest BCUT2D eigenvalue weighted by Crippen LogP contribution is 2.38. The van der Waals surface area contributed by atoms with E-state index in [0.29, 0.717) is 11.0 Å². The van der Waals surface area contributed by atoms with Crippen LogP contribution in [-0.2, 0) is 0 Å². The van der Waals surface area contributed by atoms with Crippen LogP contribution in [-0.4, -0.2) is 5.11 Å². The number of hydrogen-bond acceptors (Lipinski definition) is 4. The summed E-state index contributed by atoms with van der Waals surface area (Å²) in [5, 5.41) is 13.5. The Bertz CT molecular complexity index is 1080. The SMILES string of the molecule is O=c1c(O)c(-c2csc3ccccc23)oc2ccc(Br)cc12. The van der Waals surface area contributed by atoms with Gasteiger partial charge in [-0.05, 0) is 24.3 Å². The van der Waals surface area contributed by atoms with Gasteiger partial charge in [0.1, 0.15) is 5.58 Å². The summed E-state index contributed by atoms with van der Waals surface area (Å²) in [5.41, 5.74) is 0.768. The Morgan fingerprint density at radius 1 is 1.09 bits per heavy atom. The van der Waals surface area contributed by atoms with Crippen LogP contribution in [0.1, 0.15) is 0 Å². The van der Waals surface area contributed by atoms with Crippen molar-refractivity contribution >= 4 is 48.3 Å². The van der Waals surface area contributed by atoms with Crippen LogP contribution in [0.5, 0.6) is 5.75 Å². The molecule has 2 aromatic carbocycles. The summed E-state index contributed by atoms with van der Waals surface area (Å²) >= 11 is 4.87. The molecule has 22 heavy (non-hydrogen) atoms. The van der Waals surface area contributed by atoms with Gasteiger partial charge in [0.2, 0.25) is 11.2 Å².